The van der Waals surface area contributed by atoms with E-state index in [1.807, 2.05) is 44.2 Å². The van der Waals surface area contributed by atoms with Crippen molar-refractivity contribution in [1.29, 1.82) is 0 Å². The minimum Gasteiger partial charge on any atom is -0.400 e. The predicted molar refractivity (Wildman–Crippen MR) is 111 cm³/mol. The van der Waals surface area contributed by atoms with E-state index in [1.165, 1.54) is 11.3 Å². The van der Waals surface area contributed by atoms with Crippen molar-refractivity contribution in [2.75, 3.05) is 7.11 Å². The zero-order valence-electron chi connectivity index (χ0n) is 16.2. The first-order valence-electron chi connectivity index (χ1n) is 8.60. The maximum Gasteiger partial charge on any atom is 0.272 e. The van der Waals surface area contributed by atoms with Gasteiger partial charge in [-0.1, -0.05) is 29.8 Å². The number of aliphatic hydroxyl groups is 1. The average Bonchev–Trinajstić information content (AvgIpc) is 3.09. The van der Waals surface area contributed by atoms with E-state index in [9.17, 15) is 14.9 Å². The van der Waals surface area contributed by atoms with Crippen LogP contribution < -0.4 is 0 Å². The SMILES string of the molecule is CO.Cc1ccc(-c2nc(Cc3cc(C)c([N+](=O)[O-])cc3C)sc2C=O)cc1. The zero-order chi connectivity index (χ0) is 20.8. The summed E-state index contributed by atoms with van der Waals surface area (Å²) >= 11 is 1.37. The van der Waals surface area contributed by atoms with Gasteiger partial charge in [0.1, 0.15) is 0 Å². The molecule has 3 rings (SSSR count). The van der Waals surface area contributed by atoms with Crippen LogP contribution in [0.3, 0.4) is 0 Å². The third-order valence-electron chi connectivity index (χ3n) is 4.32. The number of hydrogen-bond acceptors (Lipinski definition) is 6. The van der Waals surface area contributed by atoms with Crippen molar-refractivity contribution in [3.8, 4) is 11.3 Å². The number of rotatable bonds is 5. The molecule has 1 aromatic heterocycles. The van der Waals surface area contributed by atoms with Crippen LogP contribution in [0.15, 0.2) is 36.4 Å². The van der Waals surface area contributed by atoms with E-state index in [4.69, 9.17) is 5.11 Å². The molecule has 0 atom stereocenters. The predicted octanol–water partition coefficient (Wildman–Crippen LogP) is 4.66. The Bertz CT molecular complexity index is 994. The summed E-state index contributed by atoms with van der Waals surface area (Å²) in [5.41, 5.74) is 5.33. The monoisotopic (exact) mass is 398 g/mol. The summed E-state index contributed by atoms with van der Waals surface area (Å²) in [5.74, 6) is 0. The molecule has 0 aliphatic rings. The maximum absolute atomic E-state index is 11.5. The minimum absolute atomic E-state index is 0.124. The molecule has 0 amide bonds. The Morgan fingerprint density at radius 3 is 2.32 bits per heavy atom. The number of carbonyl (C=O) groups excluding carboxylic acids is 1. The summed E-state index contributed by atoms with van der Waals surface area (Å²) in [6.07, 6.45) is 1.38. The fraction of sp³-hybridized carbons (Fsp3) is 0.238. The average molecular weight is 398 g/mol. The Balaban J connectivity index is 0.00000136. The van der Waals surface area contributed by atoms with Crippen LogP contribution >= 0.6 is 11.3 Å². The molecule has 2 aromatic carbocycles. The number of aliphatic hydroxyl groups excluding tert-OH is 1. The second kappa shape index (κ2) is 9.34. The normalized spacial score (nSPS) is 10.2. The molecule has 146 valence electrons. The number of thiazole rings is 1. The number of aryl methyl sites for hydroxylation is 3. The van der Waals surface area contributed by atoms with E-state index in [2.05, 4.69) is 4.98 Å². The van der Waals surface area contributed by atoms with Gasteiger partial charge in [0, 0.05) is 30.7 Å². The van der Waals surface area contributed by atoms with Crippen LogP contribution in [0.1, 0.15) is 36.9 Å². The molecule has 0 fully saturated rings. The standard InChI is InChI=1S/C20H18N2O3S.CH4O/c1-12-4-6-15(7-5-12)20-18(11-23)26-19(21-20)10-16-8-14(3)17(22(24)25)9-13(16)2;1-2/h4-9,11H,10H2,1-3H3;2H,1H3. The fourth-order valence-corrected chi connectivity index (χ4v) is 3.79. The van der Waals surface area contributed by atoms with E-state index < -0.39 is 0 Å². The van der Waals surface area contributed by atoms with Crippen LogP contribution in [-0.4, -0.2) is 28.4 Å². The van der Waals surface area contributed by atoms with Crippen LogP contribution in [0, 0.1) is 30.9 Å². The largest absolute Gasteiger partial charge is 0.400 e. The molecule has 0 saturated heterocycles. The van der Waals surface area contributed by atoms with Gasteiger partial charge >= 0.3 is 0 Å². The molecule has 0 bridgehead atoms. The molecule has 0 radical (unpaired) electrons. The number of nitro groups is 1. The number of nitro benzene ring substituents is 1. The lowest BCUT2D eigenvalue weighted by Gasteiger charge is -2.06. The van der Waals surface area contributed by atoms with Crippen molar-refractivity contribution in [3.63, 3.8) is 0 Å². The number of hydrogen-bond donors (Lipinski definition) is 1. The van der Waals surface area contributed by atoms with E-state index >= 15 is 0 Å². The van der Waals surface area contributed by atoms with Crippen molar-refractivity contribution < 1.29 is 14.8 Å². The maximum atomic E-state index is 11.5. The topological polar surface area (TPSA) is 93.3 Å². The summed E-state index contributed by atoms with van der Waals surface area (Å²) in [4.78, 5) is 27.4. The van der Waals surface area contributed by atoms with Crippen molar-refractivity contribution in [2.45, 2.75) is 27.2 Å². The molecule has 0 aliphatic heterocycles. The molecule has 0 saturated carbocycles. The lowest BCUT2D eigenvalue weighted by Crippen LogP contribution is -1.97. The smallest absolute Gasteiger partial charge is 0.272 e. The zero-order valence-corrected chi connectivity index (χ0v) is 17.0. The van der Waals surface area contributed by atoms with Gasteiger partial charge in [-0.25, -0.2) is 4.98 Å². The highest BCUT2D eigenvalue weighted by molar-refractivity contribution is 7.13. The Hall–Kier alpha value is -2.90. The summed E-state index contributed by atoms with van der Waals surface area (Å²) in [6, 6.07) is 11.3. The molecule has 3 aromatic rings. The Morgan fingerprint density at radius 2 is 1.75 bits per heavy atom. The number of aldehydes is 1. The second-order valence-corrected chi connectivity index (χ2v) is 7.42. The summed E-state index contributed by atoms with van der Waals surface area (Å²) in [7, 11) is 1.00. The Kier molecular flexibility index (Phi) is 7.14. The number of benzene rings is 2. The number of aromatic nitrogens is 1. The molecule has 0 aliphatic carbocycles. The van der Waals surface area contributed by atoms with Gasteiger partial charge < -0.3 is 5.11 Å². The van der Waals surface area contributed by atoms with Crippen molar-refractivity contribution >= 4 is 23.3 Å². The minimum atomic E-state index is -0.366. The molecule has 6 nitrogen and oxygen atoms in total. The van der Waals surface area contributed by atoms with Crippen molar-refractivity contribution in [1.82, 2.24) is 4.98 Å². The second-order valence-electron chi connectivity index (χ2n) is 6.30. The van der Waals surface area contributed by atoms with Gasteiger partial charge in [0.25, 0.3) is 5.69 Å². The van der Waals surface area contributed by atoms with E-state index in [0.29, 0.717) is 22.6 Å². The van der Waals surface area contributed by atoms with Gasteiger partial charge in [-0.05, 0) is 38.0 Å². The Labute approximate surface area is 167 Å². The van der Waals surface area contributed by atoms with E-state index in [-0.39, 0.29) is 10.6 Å². The summed E-state index contributed by atoms with van der Waals surface area (Å²) in [6.45, 7) is 5.60. The number of nitrogens with zero attached hydrogens (tertiary/aromatic N) is 2. The van der Waals surface area contributed by atoms with Crippen LogP contribution in [0.25, 0.3) is 11.3 Å². The highest BCUT2D eigenvalue weighted by atomic mass is 32.1. The molecule has 7 heteroatoms. The molecule has 1 heterocycles. The lowest BCUT2D eigenvalue weighted by molar-refractivity contribution is -0.385. The number of carbonyl (C=O) groups is 1. The first kappa shape index (κ1) is 21.4. The summed E-state index contributed by atoms with van der Waals surface area (Å²) < 4.78 is 0. The third-order valence-corrected chi connectivity index (χ3v) is 5.30. The lowest BCUT2D eigenvalue weighted by atomic mass is 10.0. The molecule has 28 heavy (non-hydrogen) atoms. The molecule has 0 unspecified atom stereocenters. The molecule has 0 spiro atoms. The van der Waals surface area contributed by atoms with Gasteiger partial charge in [-0.15, -0.1) is 11.3 Å². The van der Waals surface area contributed by atoms with Gasteiger partial charge in [0.05, 0.1) is 20.5 Å². The van der Waals surface area contributed by atoms with Crippen molar-refractivity contribution in [2.24, 2.45) is 0 Å². The van der Waals surface area contributed by atoms with Gasteiger partial charge in [-0.2, -0.15) is 0 Å². The third kappa shape index (κ3) is 4.68. The first-order chi connectivity index (χ1) is 13.4. The van der Waals surface area contributed by atoms with Gasteiger partial charge in [0.2, 0.25) is 0 Å². The molecular weight excluding hydrogens is 376 g/mol. The van der Waals surface area contributed by atoms with Crippen molar-refractivity contribution in [3.05, 3.63) is 78.7 Å². The van der Waals surface area contributed by atoms with Crippen LogP contribution in [0.2, 0.25) is 0 Å². The van der Waals surface area contributed by atoms with Crippen LogP contribution in [0.5, 0.6) is 0 Å². The van der Waals surface area contributed by atoms with E-state index in [0.717, 1.165) is 40.7 Å². The molecular formula is C21H22N2O4S. The van der Waals surface area contributed by atoms with Crippen LogP contribution in [-0.2, 0) is 6.42 Å². The van der Waals surface area contributed by atoms with Gasteiger partial charge in [-0.3, -0.25) is 14.9 Å². The summed E-state index contributed by atoms with van der Waals surface area (Å²) in [5, 5.41) is 18.9. The highest BCUT2D eigenvalue weighted by Gasteiger charge is 2.17. The molecule has 1 N–H and O–H groups in total. The van der Waals surface area contributed by atoms with Gasteiger partial charge in [0.15, 0.2) is 6.29 Å². The fourth-order valence-electron chi connectivity index (χ4n) is 2.86. The van der Waals surface area contributed by atoms with Crippen LogP contribution in [0.4, 0.5) is 5.69 Å². The first-order valence-corrected chi connectivity index (χ1v) is 9.42. The quantitative estimate of drug-likeness (QED) is 0.383. The highest BCUT2D eigenvalue weighted by Crippen LogP contribution is 2.30. The van der Waals surface area contributed by atoms with E-state index in [1.54, 1.807) is 13.0 Å². The Morgan fingerprint density at radius 1 is 1.11 bits per heavy atom.